The minimum absolute atomic E-state index is 0.0745. The van der Waals surface area contributed by atoms with Crippen LogP contribution in [0.1, 0.15) is 43.6 Å². The van der Waals surface area contributed by atoms with Crippen molar-refractivity contribution in [3.05, 3.63) is 107 Å². The molecule has 3 aromatic carbocycles. The quantitative estimate of drug-likeness (QED) is 0.328. The Kier molecular flexibility index (Phi) is 6.00. The molecule has 5 rings (SSSR count). The van der Waals surface area contributed by atoms with Crippen molar-refractivity contribution in [3.8, 4) is 0 Å². The number of pyridine rings is 1. The van der Waals surface area contributed by atoms with Gasteiger partial charge < -0.3 is 10.1 Å². The van der Waals surface area contributed by atoms with Crippen LogP contribution in [-0.2, 0) is 16.1 Å². The Labute approximate surface area is 206 Å². The maximum Gasteiger partial charge on any atom is 0.338 e. The molecule has 36 heavy (non-hydrogen) atoms. The molecule has 8 nitrogen and oxygen atoms in total. The van der Waals surface area contributed by atoms with Gasteiger partial charge in [-0.15, -0.1) is 0 Å². The molecule has 1 unspecified atom stereocenters. The van der Waals surface area contributed by atoms with Crippen LogP contribution in [0.25, 0.3) is 10.9 Å². The van der Waals surface area contributed by atoms with Crippen molar-refractivity contribution in [3.63, 3.8) is 0 Å². The summed E-state index contributed by atoms with van der Waals surface area (Å²) in [6.07, 6.45) is 0.554. The summed E-state index contributed by atoms with van der Waals surface area (Å²) in [5.41, 5.74) is 2.51. The van der Waals surface area contributed by atoms with Gasteiger partial charge in [0, 0.05) is 11.6 Å². The Morgan fingerprint density at radius 3 is 2.50 bits per heavy atom. The van der Waals surface area contributed by atoms with Crippen LogP contribution in [0.2, 0.25) is 0 Å². The van der Waals surface area contributed by atoms with Crippen molar-refractivity contribution in [1.82, 2.24) is 9.88 Å². The highest BCUT2D eigenvalue weighted by Gasteiger charge is 2.36. The van der Waals surface area contributed by atoms with Gasteiger partial charge in [-0.25, -0.2) is 4.79 Å². The van der Waals surface area contributed by atoms with E-state index in [1.807, 2.05) is 42.5 Å². The first kappa shape index (κ1) is 22.9. The van der Waals surface area contributed by atoms with Crippen molar-refractivity contribution in [2.75, 3.05) is 5.32 Å². The van der Waals surface area contributed by atoms with Crippen LogP contribution < -0.4 is 5.32 Å². The molecule has 4 aromatic rings. The Balaban J connectivity index is 1.28. The van der Waals surface area contributed by atoms with Crippen molar-refractivity contribution in [2.24, 2.45) is 0 Å². The second-order valence-electron chi connectivity index (χ2n) is 8.35. The van der Waals surface area contributed by atoms with Gasteiger partial charge in [-0.2, -0.15) is 0 Å². The summed E-state index contributed by atoms with van der Waals surface area (Å²) in [6.45, 7) is 1.59. The minimum atomic E-state index is -1.11. The lowest BCUT2D eigenvalue weighted by molar-refractivity contribution is -0.123. The van der Waals surface area contributed by atoms with Crippen molar-refractivity contribution < 1.29 is 23.9 Å². The van der Waals surface area contributed by atoms with E-state index in [1.165, 1.54) is 25.1 Å². The Bertz CT molecular complexity index is 1510. The van der Waals surface area contributed by atoms with Crippen LogP contribution in [0.3, 0.4) is 0 Å². The number of aromatic nitrogens is 1. The van der Waals surface area contributed by atoms with Gasteiger partial charge in [0.1, 0.15) is 0 Å². The number of amides is 3. The molecular formula is C28H21N3O5. The molecule has 0 fully saturated rings. The average Bonchev–Trinajstić information content (AvgIpc) is 3.13. The number of fused-ring (bicyclic) bond motifs is 2. The van der Waals surface area contributed by atoms with Crippen molar-refractivity contribution >= 4 is 40.3 Å². The van der Waals surface area contributed by atoms with Crippen molar-refractivity contribution in [1.29, 1.82) is 0 Å². The van der Waals surface area contributed by atoms with E-state index in [4.69, 9.17) is 4.74 Å². The number of nitrogens with zero attached hydrogens (tertiary/aromatic N) is 2. The zero-order chi connectivity index (χ0) is 25.2. The third kappa shape index (κ3) is 4.32. The van der Waals surface area contributed by atoms with Crippen LogP contribution in [0.5, 0.6) is 0 Å². The smallest absolute Gasteiger partial charge is 0.338 e. The third-order valence-electron chi connectivity index (χ3n) is 5.95. The molecule has 1 aromatic heterocycles. The number of hydrogen-bond acceptors (Lipinski definition) is 6. The van der Waals surface area contributed by atoms with Gasteiger partial charge in [0.25, 0.3) is 17.7 Å². The van der Waals surface area contributed by atoms with E-state index in [0.29, 0.717) is 5.69 Å². The summed E-state index contributed by atoms with van der Waals surface area (Å²) in [5.74, 6) is -2.19. The number of hydrogen-bond donors (Lipinski definition) is 1. The van der Waals surface area contributed by atoms with Gasteiger partial charge in [0.15, 0.2) is 6.10 Å². The number of carbonyl (C=O) groups excluding carboxylic acids is 4. The lowest BCUT2D eigenvalue weighted by Gasteiger charge is -2.15. The zero-order valence-corrected chi connectivity index (χ0v) is 19.3. The van der Waals surface area contributed by atoms with Gasteiger partial charge in [-0.3, -0.25) is 24.3 Å². The summed E-state index contributed by atoms with van der Waals surface area (Å²) in [5, 5.41) is 3.52. The fraction of sp³-hybridized carbons (Fsp3) is 0.107. The Morgan fingerprint density at radius 2 is 1.69 bits per heavy atom. The molecule has 1 atom stereocenters. The van der Waals surface area contributed by atoms with E-state index in [0.717, 1.165) is 21.4 Å². The van der Waals surface area contributed by atoms with E-state index < -0.39 is 29.8 Å². The van der Waals surface area contributed by atoms with Crippen LogP contribution in [-0.4, -0.2) is 39.7 Å². The molecule has 3 amide bonds. The van der Waals surface area contributed by atoms with Crippen LogP contribution in [0.15, 0.2) is 85.1 Å². The second-order valence-corrected chi connectivity index (χ2v) is 8.35. The van der Waals surface area contributed by atoms with Gasteiger partial charge in [0.2, 0.25) is 0 Å². The number of rotatable bonds is 6. The number of anilines is 1. The Hall–Kier alpha value is -4.85. The first-order chi connectivity index (χ1) is 17.4. The molecule has 0 saturated heterocycles. The lowest BCUT2D eigenvalue weighted by Crippen LogP contribution is -2.30. The van der Waals surface area contributed by atoms with Crippen LogP contribution in [0, 0.1) is 0 Å². The molecule has 0 saturated carbocycles. The van der Waals surface area contributed by atoms with Crippen LogP contribution in [0.4, 0.5) is 5.69 Å². The maximum atomic E-state index is 12.9. The van der Waals surface area contributed by atoms with Gasteiger partial charge in [-0.1, -0.05) is 36.4 Å². The number of ether oxygens (including phenoxy) is 1. The standard InChI is InChI=1S/C28H21N3O5/c1-17(25(32)30-24-11-5-10-23-21(24)9-6-14-29-23)36-28(35)19-12-13-20-22(15-19)27(34)31(26(20)33)16-18-7-3-2-4-8-18/h2-15,17H,16H2,1H3,(H,30,32). The second kappa shape index (κ2) is 9.42. The van der Waals surface area contributed by atoms with Gasteiger partial charge >= 0.3 is 5.97 Å². The number of esters is 1. The monoisotopic (exact) mass is 479 g/mol. The van der Waals surface area contributed by atoms with Gasteiger partial charge in [-0.05, 0) is 55.0 Å². The van der Waals surface area contributed by atoms with Gasteiger partial charge in [0.05, 0.1) is 34.4 Å². The molecule has 2 heterocycles. The fourth-order valence-electron chi connectivity index (χ4n) is 4.06. The van der Waals surface area contributed by atoms with E-state index in [-0.39, 0.29) is 23.2 Å². The van der Waals surface area contributed by atoms with Crippen LogP contribution >= 0.6 is 0 Å². The lowest BCUT2D eigenvalue weighted by atomic mass is 10.1. The number of nitrogens with one attached hydrogen (secondary N) is 1. The molecule has 178 valence electrons. The first-order valence-electron chi connectivity index (χ1n) is 11.3. The van der Waals surface area contributed by atoms with E-state index in [9.17, 15) is 19.2 Å². The summed E-state index contributed by atoms with van der Waals surface area (Å²) in [7, 11) is 0. The minimum Gasteiger partial charge on any atom is -0.449 e. The SMILES string of the molecule is CC(OC(=O)c1ccc2c(c1)C(=O)N(Cc1ccccc1)C2=O)C(=O)Nc1cccc2ncccc12. The summed E-state index contributed by atoms with van der Waals surface area (Å²) in [6, 6.07) is 22.3. The molecule has 1 aliphatic rings. The highest BCUT2D eigenvalue weighted by atomic mass is 16.5. The topological polar surface area (TPSA) is 106 Å². The molecule has 0 spiro atoms. The molecule has 8 heteroatoms. The fourth-order valence-corrected chi connectivity index (χ4v) is 4.06. The average molecular weight is 479 g/mol. The summed E-state index contributed by atoms with van der Waals surface area (Å²) < 4.78 is 5.35. The van der Waals surface area contributed by atoms with Crippen molar-refractivity contribution in [2.45, 2.75) is 19.6 Å². The van der Waals surface area contributed by atoms with E-state index in [2.05, 4.69) is 10.3 Å². The molecule has 0 bridgehead atoms. The maximum absolute atomic E-state index is 12.9. The highest BCUT2D eigenvalue weighted by molar-refractivity contribution is 6.22. The molecule has 0 aliphatic carbocycles. The molecular weight excluding hydrogens is 458 g/mol. The molecule has 1 N–H and O–H groups in total. The summed E-state index contributed by atoms with van der Waals surface area (Å²) in [4.78, 5) is 56.5. The highest BCUT2D eigenvalue weighted by Crippen LogP contribution is 2.26. The number of imide groups is 1. The molecule has 1 aliphatic heterocycles. The number of benzene rings is 3. The van der Waals surface area contributed by atoms with E-state index >= 15 is 0 Å². The normalized spacial score (nSPS) is 13.4. The summed E-state index contributed by atoms with van der Waals surface area (Å²) >= 11 is 0. The number of carbonyl (C=O) groups is 4. The first-order valence-corrected chi connectivity index (χ1v) is 11.3. The zero-order valence-electron chi connectivity index (χ0n) is 19.3. The largest absolute Gasteiger partial charge is 0.449 e. The predicted octanol–water partition coefficient (Wildman–Crippen LogP) is 4.22. The third-order valence-corrected chi connectivity index (χ3v) is 5.95. The molecule has 0 radical (unpaired) electrons. The predicted molar refractivity (Wildman–Crippen MR) is 132 cm³/mol. The van der Waals surface area contributed by atoms with E-state index in [1.54, 1.807) is 24.4 Å². The Morgan fingerprint density at radius 1 is 0.917 bits per heavy atom.